The number of para-hydroxylation sites is 1. The first-order valence-corrected chi connectivity index (χ1v) is 5.59. The van der Waals surface area contributed by atoms with Crippen LogP contribution in [0.4, 0.5) is 5.69 Å². The fourth-order valence-corrected chi connectivity index (χ4v) is 1.64. The molecule has 1 heterocycles. The number of guanidine groups is 1. The van der Waals surface area contributed by atoms with Crippen LogP contribution < -0.4 is 5.32 Å². The van der Waals surface area contributed by atoms with Crippen LogP contribution in [0.5, 0.6) is 0 Å². The summed E-state index contributed by atoms with van der Waals surface area (Å²) in [5.74, 6) is 3.05. The number of terminal acetylenes is 1. The Morgan fingerprint density at radius 2 is 2.35 bits per heavy atom. The van der Waals surface area contributed by atoms with Gasteiger partial charge in [0.25, 0.3) is 0 Å². The van der Waals surface area contributed by atoms with Crippen LogP contribution in [0.2, 0.25) is 5.02 Å². The second-order valence-electron chi connectivity index (χ2n) is 3.39. The molecule has 1 aliphatic heterocycles. The van der Waals surface area contributed by atoms with Crippen molar-refractivity contribution in [2.45, 2.75) is 0 Å². The predicted molar refractivity (Wildman–Crippen MR) is 68.9 cm³/mol. The molecule has 0 saturated carbocycles. The summed E-state index contributed by atoms with van der Waals surface area (Å²) in [6, 6.07) is 7.46. The van der Waals surface area contributed by atoms with Crippen LogP contribution >= 0.6 is 11.6 Å². The monoisotopic (exact) mass is 249 g/mol. The van der Waals surface area contributed by atoms with Gasteiger partial charge in [-0.2, -0.15) is 0 Å². The van der Waals surface area contributed by atoms with Gasteiger partial charge < -0.3 is 5.32 Å². The van der Waals surface area contributed by atoms with E-state index in [1.165, 1.54) is 0 Å². The van der Waals surface area contributed by atoms with Crippen molar-refractivity contribution in [1.29, 1.82) is 0 Å². The maximum absolute atomic E-state index is 6.05. The third-order valence-electron chi connectivity index (χ3n) is 2.22. The molecule has 0 radical (unpaired) electrons. The van der Waals surface area contributed by atoms with E-state index in [-0.39, 0.29) is 6.61 Å². The van der Waals surface area contributed by atoms with Crippen LogP contribution in [0.15, 0.2) is 29.3 Å². The van der Waals surface area contributed by atoms with Crippen LogP contribution in [0, 0.1) is 12.3 Å². The third kappa shape index (κ3) is 2.90. The van der Waals surface area contributed by atoms with Crippen LogP contribution in [0.3, 0.4) is 0 Å². The van der Waals surface area contributed by atoms with E-state index in [0.29, 0.717) is 24.1 Å². The fourth-order valence-electron chi connectivity index (χ4n) is 1.46. The zero-order valence-electron chi connectivity index (χ0n) is 9.19. The minimum Gasteiger partial charge on any atom is -0.323 e. The summed E-state index contributed by atoms with van der Waals surface area (Å²) in [4.78, 5) is 9.62. The Labute approximate surface area is 105 Å². The molecule has 1 aliphatic rings. The van der Waals surface area contributed by atoms with E-state index >= 15 is 0 Å². The molecule has 0 atom stereocenters. The number of aliphatic imine (C=N–C) groups is 1. The molecular formula is C12H12ClN3O. The number of hydrogen-bond donors (Lipinski definition) is 1. The predicted octanol–water partition coefficient (Wildman–Crippen LogP) is 1.99. The van der Waals surface area contributed by atoms with Gasteiger partial charge >= 0.3 is 0 Å². The molecule has 0 amide bonds. The van der Waals surface area contributed by atoms with Crippen LogP contribution in [-0.2, 0) is 4.84 Å². The first kappa shape index (κ1) is 11.8. The van der Waals surface area contributed by atoms with Gasteiger partial charge in [0.05, 0.1) is 23.8 Å². The van der Waals surface area contributed by atoms with E-state index in [2.05, 4.69) is 16.2 Å². The molecule has 0 spiro atoms. The van der Waals surface area contributed by atoms with Gasteiger partial charge in [-0.1, -0.05) is 29.7 Å². The van der Waals surface area contributed by atoms with E-state index in [0.717, 1.165) is 5.69 Å². The molecule has 2 rings (SSSR count). The first-order chi connectivity index (χ1) is 8.31. The Morgan fingerprint density at radius 3 is 3.12 bits per heavy atom. The number of halogens is 1. The molecule has 1 aromatic carbocycles. The maximum atomic E-state index is 6.05. The molecule has 17 heavy (non-hydrogen) atoms. The minimum atomic E-state index is 0.225. The highest BCUT2D eigenvalue weighted by Crippen LogP contribution is 2.21. The summed E-state index contributed by atoms with van der Waals surface area (Å²) in [5, 5.41) is 5.40. The summed E-state index contributed by atoms with van der Waals surface area (Å²) in [7, 11) is 0. The molecule has 5 heteroatoms. The van der Waals surface area contributed by atoms with E-state index in [1.807, 2.05) is 24.3 Å². The number of hydroxylamine groups is 2. The Balaban J connectivity index is 2.04. The lowest BCUT2D eigenvalue weighted by atomic mass is 10.3. The van der Waals surface area contributed by atoms with Crippen LogP contribution in [0.25, 0.3) is 0 Å². The quantitative estimate of drug-likeness (QED) is 0.833. The molecule has 0 aromatic heterocycles. The Hall–Kier alpha value is -1.70. The second-order valence-corrected chi connectivity index (χ2v) is 3.80. The van der Waals surface area contributed by atoms with Crippen molar-refractivity contribution >= 4 is 23.2 Å². The molecule has 0 unspecified atom stereocenters. The van der Waals surface area contributed by atoms with Gasteiger partial charge in [0.1, 0.15) is 6.61 Å². The van der Waals surface area contributed by atoms with E-state index in [1.54, 1.807) is 5.06 Å². The number of anilines is 1. The Kier molecular flexibility index (Phi) is 3.86. The number of rotatable bonds is 3. The lowest BCUT2D eigenvalue weighted by Crippen LogP contribution is -2.33. The van der Waals surface area contributed by atoms with Gasteiger partial charge in [-0.15, -0.1) is 6.42 Å². The standard InChI is InChI=1S/C12H12ClN3O/c1-2-9-17-16-8-7-14-12(16)15-11-6-4-3-5-10(11)13/h1,3-6H,7-9H2,(H,14,15). The molecule has 88 valence electrons. The smallest absolute Gasteiger partial charge is 0.223 e. The number of nitrogens with one attached hydrogen (secondary N) is 1. The van der Waals surface area contributed by atoms with Crippen molar-refractivity contribution in [2.75, 3.05) is 25.0 Å². The molecular weight excluding hydrogens is 238 g/mol. The van der Waals surface area contributed by atoms with Crippen molar-refractivity contribution in [3.05, 3.63) is 29.3 Å². The molecule has 1 aromatic rings. The van der Waals surface area contributed by atoms with E-state index in [4.69, 9.17) is 22.9 Å². The lowest BCUT2D eigenvalue weighted by molar-refractivity contribution is -0.0739. The Morgan fingerprint density at radius 1 is 1.53 bits per heavy atom. The molecule has 1 N–H and O–H groups in total. The Bertz CT molecular complexity index is 467. The normalized spacial score (nSPS) is 14.4. The summed E-state index contributed by atoms with van der Waals surface area (Å²) in [6.07, 6.45) is 5.15. The largest absolute Gasteiger partial charge is 0.323 e. The maximum Gasteiger partial charge on any atom is 0.223 e. The fraction of sp³-hybridized carbons (Fsp3) is 0.250. The first-order valence-electron chi connectivity index (χ1n) is 5.21. The van der Waals surface area contributed by atoms with Gasteiger partial charge in [0, 0.05) is 0 Å². The lowest BCUT2D eigenvalue weighted by Gasteiger charge is -2.19. The van der Waals surface area contributed by atoms with Gasteiger partial charge in [-0.25, -0.2) is 10.1 Å². The van der Waals surface area contributed by atoms with Crippen molar-refractivity contribution in [3.8, 4) is 12.3 Å². The van der Waals surface area contributed by atoms with Gasteiger partial charge in [0.15, 0.2) is 0 Å². The average Bonchev–Trinajstić information content (AvgIpc) is 2.77. The molecule has 0 saturated heterocycles. The summed E-state index contributed by atoms with van der Waals surface area (Å²) in [6.45, 7) is 1.59. The highest BCUT2D eigenvalue weighted by atomic mass is 35.5. The van der Waals surface area contributed by atoms with Crippen LogP contribution in [0.1, 0.15) is 0 Å². The van der Waals surface area contributed by atoms with Crippen molar-refractivity contribution in [2.24, 2.45) is 4.99 Å². The van der Waals surface area contributed by atoms with Gasteiger partial charge in [-0.05, 0) is 12.1 Å². The summed E-state index contributed by atoms with van der Waals surface area (Å²) in [5.41, 5.74) is 0.795. The second kappa shape index (κ2) is 5.58. The molecule has 0 aliphatic carbocycles. The van der Waals surface area contributed by atoms with Crippen molar-refractivity contribution in [3.63, 3.8) is 0 Å². The van der Waals surface area contributed by atoms with Crippen molar-refractivity contribution in [1.82, 2.24) is 5.06 Å². The van der Waals surface area contributed by atoms with Crippen LogP contribution in [-0.4, -0.2) is 30.7 Å². The van der Waals surface area contributed by atoms with Gasteiger partial charge in [0.2, 0.25) is 5.96 Å². The third-order valence-corrected chi connectivity index (χ3v) is 2.55. The number of hydrogen-bond acceptors (Lipinski definition) is 4. The highest BCUT2D eigenvalue weighted by molar-refractivity contribution is 6.33. The SMILES string of the molecule is C#CCON1CCN=C1Nc1ccccc1Cl. The zero-order valence-corrected chi connectivity index (χ0v) is 9.94. The topological polar surface area (TPSA) is 36.9 Å². The van der Waals surface area contributed by atoms with E-state index in [9.17, 15) is 0 Å². The van der Waals surface area contributed by atoms with E-state index < -0.39 is 0 Å². The highest BCUT2D eigenvalue weighted by Gasteiger charge is 2.18. The van der Waals surface area contributed by atoms with Crippen molar-refractivity contribution < 1.29 is 4.84 Å². The summed E-state index contributed by atoms with van der Waals surface area (Å²) >= 11 is 6.05. The summed E-state index contributed by atoms with van der Waals surface area (Å²) < 4.78 is 0. The van der Waals surface area contributed by atoms with Gasteiger partial charge in [-0.3, -0.25) is 4.84 Å². The average molecular weight is 250 g/mol. The molecule has 0 bridgehead atoms. The number of nitrogens with zero attached hydrogens (tertiary/aromatic N) is 2. The number of benzene rings is 1. The minimum absolute atomic E-state index is 0.225. The zero-order chi connectivity index (χ0) is 12.1. The molecule has 4 nitrogen and oxygen atoms in total. The molecule has 0 fully saturated rings.